The van der Waals surface area contributed by atoms with Gasteiger partial charge in [0, 0.05) is 12.6 Å². The van der Waals surface area contributed by atoms with E-state index < -0.39 is 10.0 Å². The van der Waals surface area contributed by atoms with E-state index in [4.69, 9.17) is 0 Å². The van der Waals surface area contributed by atoms with Crippen LogP contribution in [-0.2, 0) is 27.7 Å². The predicted molar refractivity (Wildman–Crippen MR) is 151 cm³/mol. The summed E-state index contributed by atoms with van der Waals surface area (Å²) in [6, 6.07) is 25.3. The van der Waals surface area contributed by atoms with Crippen LogP contribution in [0.15, 0.2) is 83.8 Å². The Kier molecular flexibility index (Phi) is 8.29. The Morgan fingerprint density at radius 3 is 2.29 bits per heavy atom. The minimum absolute atomic E-state index is 0.0596. The van der Waals surface area contributed by atoms with E-state index in [2.05, 4.69) is 17.4 Å². The van der Waals surface area contributed by atoms with Gasteiger partial charge in [0.2, 0.25) is 15.9 Å². The minimum Gasteiger partial charge on any atom is -0.353 e. The van der Waals surface area contributed by atoms with Crippen molar-refractivity contribution < 1.29 is 13.2 Å². The molecule has 0 radical (unpaired) electrons. The first-order valence-corrected chi connectivity index (χ1v) is 15.3. The van der Waals surface area contributed by atoms with E-state index >= 15 is 0 Å². The van der Waals surface area contributed by atoms with E-state index in [9.17, 15) is 13.2 Å². The number of nitrogens with zero attached hydrogens (tertiary/aromatic N) is 1. The third-order valence-corrected chi connectivity index (χ3v) is 10.1. The van der Waals surface area contributed by atoms with Crippen LogP contribution in [0, 0.1) is 12.8 Å². The summed E-state index contributed by atoms with van der Waals surface area (Å²) in [7, 11) is -3.65. The Balaban J connectivity index is 1.27. The highest BCUT2D eigenvalue weighted by Gasteiger charge is 2.37. The highest BCUT2D eigenvalue weighted by atomic mass is 32.2. The van der Waals surface area contributed by atoms with Gasteiger partial charge in [0.05, 0.1) is 17.4 Å². The molecule has 0 aliphatic heterocycles. The largest absolute Gasteiger partial charge is 0.353 e. The summed E-state index contributed by atoms with van der Waals surface area (Å²) in [4.78, 5) is 13.0. The number of amides is 1. The molecule has 38 heavy (non-hydrogen) atoms. The van der Waals surface area contributed by atoms with Gasteiger partial charge in [-0.15, -0.1) is 0 Å². The lowest BCUT2D eigenvalue weighted by molar-refractivity contribution is -0.121. The van der Waals surface area contributed by atoms with Crippen LogP contribution >= 0.6 is 0 Å². The predicted octanol–water partition coefficient (Wildman–Crippen LogP) is 5.98. The maximum Gasteiger partial charge on any atom is 0.243 e. The topological polar surface area (TPSA) is 66.5 Å². The molecule has 1 saturated carbocycles. The lowest BCUT2D eigenvalue weighted by Gasteiger charge is -2.38. The number of aryl methyl sites for hydroxylation is 2. The molecule has 1 atom stereocenters. The van der Waals surface area contributed by atoms with Crippen LogP contribution in [0.1, 0.15) is 66.8 Å². The van der Waals surface area contributed by atoms with Gasteiger partial charge in [0.15, 0.2) is 0 Å². The van der Waals surface area contributed by atoms with E-state index in [0.717, 1.165) is 56.1 Å². The van der Waals surface area contributed by atoms with Crippen molar-refractivity contribution in [2.45, 2.75) is 75.3 Å². The molecule has 1 fully saturated rings. The van der Waals surface area contributed by atoms with Gasteiger partial charge in [0.25, 0.3) is 0 Å². The maximum atomic E-state index is 14.0. The number of rotatable bonds is 8. The highest BCUT2D eigenvalue weighted by Crippen LogP contribution is 2.39. The number of sulfonamides is 1. The van der Waals surface area contributed by atoms with Gasteiger partial charge in [-0.1, -0.05) is 72.3 Å². The standard InChI is InChI=1S/C32H38N2O3S/c1-24-14-16-25(17-15-24)22-32(35)33-28-20-18-26(19-21-28)23-34(38(36,37)29-10-3-2-4-11-29)31-13-7-9-27-8-5-6-12-30(27)31/h2-6,8,10-12,14-17,26,28,31H,7,9,13,18-23H2,1H3,(H,33,35)/t26?,28?,31-/m1/s1. The lowest BCUT2D eigenvalue weighted by atomic mass is 9.84. The first kappa shape index (κ1) is 26.6. The van der Waals surface area contributed by atoms with Crippen molar-refractivity contribution in [3.63, 3.8) is 0 Å². The third kappa shape index (κ3) is 6.19. The van der Waals surface area contributed by atoms with Crippen LogP contribution in [0.4, 0.5) is 0 Å². The summed E-state index contributed by atoms with van der Waals surface area (Å²) in [5.74, 6) is 0.331. The van der Waals surface area contributed by atoms with Crippen molar-refractivity contribution >= 4 is 15.9 Å². The molecule has 0 spiro atoms. The Morgan fingerprint density at radius 2 is 1.55 bits per heavy atom. The quantitative estimate of drug-likeness (QED) is 0.390. The van der Waals surface area contributed by atoms with Crippen LogP contribution in [-0.4, -0.2) is 31.2 Å². The van der Waals surface area contributed by atoms with Gasteiger partial charge in [0.1, 0.15) is 0 Å². The third-order valence-electron chi connectivity index (χ3n) is 8.17. The Bertz CT molecular complexity index is 1330. The number of hydrogen-bond donors (Lipinski definition) is 1. The SMILES string of the molecule is Cc1ccc(CC(=O)NC2CCC(CN([C@@H]3CCCc4ccccc43)S(=O)(=O)c3ccccc3)CC2)cc1. The number of carbonyl (C=O) groups excluding carboxylic acids is 1. The Labute approximate surface area is 227 Å². The Hall–Kier alpha value is -2.96. The fourth-order valence-electron chi connectivity index (χ4n) is 6.06. The molecule has 0 unspecified atom stereocenters. The van der Waals surface area contributed by atoms with E-state index in [1.165, 1.54) is 11.1 Å². The van der Waals surface area contributed by atoms with Gasteiger partial charge in [-0.3, -0.25) is 4.79 Å². The molecule has 200 valence electrons. The van der Waals surface area contributed by atoms with Crippen LogP contribution < -0.4 is 5.32 Å². The Morgan fingerprint density at radius 1 is 0.868 bits per heavy atom. The van der Waals surface area contributed by atoms with Gasteiger partial charge < -0.3 is 5.32 Å². The second-order valence-electron chi connectivity index (χ2n) is 10.9. The van der Waals surface area contributed by atoms with Crippen LogP contribution in [0.25, 0.3) is 0 Å². The second kappa shape index (κ2) is 11.8. The molecule has 5 nitrogen and oxygen atoms in total. The molecular weight excluding hydrogens is 492 g/mol. The average Bonchev–Trinajstić information content (AvgIpc) is 2.94. The monoisotopic (exact) mass is 530 g/mol. The zero-order chi connectivity index (χ0) is 26.5. The molecule has 6 heteroatoms. The highest BCUT2D eigenvalue weighted by molar-refractivity contribution is 7.89. The summed E-state index contributed by atoms with van der Waals surface area (Å²) in [6.45, 7) is 2.56. The lowest BCUT2D eigenvalue weighted by Crippen LogP contribution is -2.43. The van der Waals surface area contributed by atoms with Crippen LogP contribution in [0.3, 0.4) is 0 Å². The molecule has 0 saturated heterocycles. The van der Waals surface area contributed by atoms with E-state index in [1.54, 1.807) is 28.6 Å². The molecule has 0 heterocycles. The van der Waals surface area contributed by atoms with E-state index in [1.807, 2.05) is 49.4 Å². The van der Waals surface area contributed by atoms with Gasteiger partial charge in [-0.25, -0.2) is 8.42 Å². The molecular formula is C32H38N2O3S. The number of nitrogens with one attached hydrogen (secondary N) is 1. The zero-order valence-corrected chi connectivity index (χ0v) is 23.0. The van der Waals surface area contributed by atoms with Gasteiger partial charge >= 0.3 is 0 Å². The molecule has 0 aromatic heterocycles. The zero-order valence-electron chi connectivity index (χ0n) is 22.2. The van der Waals surface area contributed by atoms with Crippen LogP contribution in [0.2, 0.25) is 0 Å². The van der Waals surface area contributed by atoms with Crippen molar-refractivity contribution in [3.05, 3.63) is 101 Å². The summed E-state index contributed by atoms with van der Waals surface area (Å²) in [5.41, 5.74) is 4.62. The molecule has 1 N–H and O–H groups in total. The molecule has 5 rings (SSSR count). The van der Waals surface area contributed by atoms with E-state index in [0.29, 0.717) is 17.9 Å². The fraction of sp³-hybridized carbons (Fsp3) is 0.406. The number of fused-ring (bicyclic) bond motifs is 1. The second-order valence-corrected chi connectivity index (χ2v) is 12.8. The van der Waals surface area contributed by atoms with Gasteiger partial charge in [-0.05, 0) is 86.6 Å². The van der Waals surface area contributed by atoms with Crippen molar-refractivity contribution in [1.82, 2.24) is 9.62 Å². The summed E-state index contributed by atoms with van der Waals surface area (Å²) >= 11 is 0. The summed E-state index contributed by atoms with van der Waals surface area (Å²) in [6.07, 6.45) is 6.80. The summed E-state index contributed by atoms with van der Waals surface area (Å²) in [5, 5.41) is 3.22. The fourth-order valence-corrected chi connectivity index (χ4v) is 7.79. The van der Waals surface area contributed by atoms with Crippen LogP contribution in [0.5, 0.6) is 0 Å². The van der Waals surface area contributed by atoms with Gasteiger partial charge in [-0.2, -0.15) is 4.31 Å². The first-order chi connectivity index (χ1) is 18.4. The normalized spacial score (nSPS) is 21.6. The van der Waals surface area contributed by atoms with Crippen molar-refractivity contribution in [1.29, 1.82) is 0 Å². The number of carbonyl (C=O) groups is 1. The average molecular weight is 531 g/mol. The summed E-state index contributed by atoms with van der Waals surface area (Å²) < 4.78 is 29.8. The molecule has 3 aromatic carbocycles. The number of benzene rings is 3. The maximum absolute atomic E-state index is 14.0. The van der Waals surface area contributed by atoms with Crippen molar-refractivity contribution in [2.24, 2.45) is 5.92 Å². The molecule has 2 aliphatic rings. The molecule has 2 aliphatic carbocycles. The first-order valence-electron chi connectivity index (χ1n) is 13.9. The van der Waals surface area contributed by atoms with E-state index in [-0.39, 0.29) is 23.9 Å². The molecule has 3 aromatic rings. The number of hydrogen-bond acceptors (Lipinski definition) is 3. The molecule has 0 bridgehead atoms. The molecule has 1 amide bonds. The smallest absolute Gasteiger partial charge is 0.243 e. The van der Waals surface area contributed by atoms with Crippen molar-refractivity contribution in [3.8, 4) is 0 Å². The van der Waals surface area contributed by atoms with Crippen molar-refractivity contribution in [2.75, 3.05) is 6.54 Å². The minimum atomic E-state index is -3.65.